The third-order valence-corrected chi connectivity index (χ3v) is 6.94. The number of fused-ring (bicyclic) bond motifs is 1. The minimum atomic E-state index is 0.235. The van der Waals surface area contributed by atoms with Crippen molar-refractivity contribution in [3.8, 4) is 0 Å². The Morgan fingerprint density at radius 1 is 1.20 bits per heavy atom. The van der Waals surface area contributed by atoms with Crippen molar-refractivity contribution < 1.29 is 4.79 Å². The van der Waals surface area contributed by atoms with E-state index in [2.05, 4.69) is 34.3 Å². The van der Waals surface area contributed by atoms with Gasteiger partial charge >= 0.3 is 0 Å². The summed E-state index contributed by atoms with van der Waals surface area (Å²) in [7, 11) is 0. The maximum Gasteiger partial charge on any atom is 0.254 e. The van der Waals surface area contributed by atoms with Crippen molar-refractivity contribution in [1.29, 1.82) is 0 Å². The zero-order chi connectivity index (χ0) is 17.0. The molecule has 2 aromatic rings. The first-order valence-corrected chi connectivity index (χ1v) is 10.1. The molecule has 0 saturated heterocycles. The summed E-state index contributed by atoms with van der Waals surface area (Å²) in [5.74, 6) is 0.235. The number of carbonyl (C=O) groups excluding carboxylic acids is 1. The molecule has 0 bridgehead atoms. The number of rotatable bonds is 3. The molecule has 128 valence electrons. The molecule has 4 heteroatoms. The minimum absolute atomic E-state index is 0.235. The van der Waals surface area contributed by atoms with E-state index in [4.69, 9.17) is 0 Å². The van der Waals surface area contributed by atoms with E-state index in [0.29, 0.717) is 12.1 Å². The third-order valence-electron chi connectivity index (χ3n) is 5.89. The second kappa shape index (κ2) is 5.80. The van der Waals surface area contributed by atoms with Gasteiger partial charge in [-0.2, -0.15) is 0 Å². The fraction of sp³-hybridized carbons (Fsp3) is 0.429. The molecule has 3 aliphatic rings. The van der Waals surface area contributed by atoms with Gasteiger partial charge in [-0.25, -0.2) is 0 Å². The molecule has 25 heavy (non-hydrogen) atoms. The van der Waals surface area contributed by atoms with Crippen molar-refractivity contribution >= 4 is 33.5 Å². The number of hydrogen-bond acceptors (Lipinski definition) is 3. The maximum absolute atomic E-state index is 13.5. The monoisotopic (exact) mass is 350 g/mol. The van der Waals surface area contributed by atoms with Gasteiger partial charge in [-0.3, -0.25) is 9.79 Å². The van der Waals surface area contributed by atoms with Gasteiger partial charge in [0.2, 0.25) is 0 Å². The molecule has 1 atom stereocenters. The molecule has 1 amide bonds. The van der Waals surface area contributed by atoms with E-state index in [9.17, 15) is 4.79 Å². The van der Waals surface area contributed by atoms with Crippen LogP contribution in [-0.2, 0) is 0 Å². The molecule has 2 aliphatic carbocycles. The van der Waals surface area contributed by atoms with Crippen LogP contribution < -0.4 is 0 Å². The first-order valence-electron chi connectivity index (χ1n) is 9.22. The lowest BCUT2D eigenvalue weighted by Crippen LogP contribution is -2.43. The highest BCUT2D eigenvalue weighted by molar-refractivity contribution is 7.17. The zero-order valence-corrected chi connectivity index (χ0v) is 15.3. The molecule has 3 nitrogen and oxygen atoms in total. The summed E-state index contributed by atoms with van der Waals surface area (Å²) in [5, 5.41) is 3.35. The standard InChI is InChI=1S/C21H22N2OS/c1-13-19(7-3-14-8-9-25-20(13)14)21(24)23(17-5-6-17)18-4-2-15-11-22-12-16(15)10-18/h3,7-9,12,17-18H,2,4-6,10-11H2,1H3. The van der Waals surface area contributed by atoms with E-state index in [1.54, 1.807) is 11.3 Å². The summed E-state index contributed by atoms with van der Waals surface area (Å²) < 4.78 is 1.25. The molecular weight excluding hydrogens is 328 g/mol. The van der Waals surface area contributed by atoms with E-state index in [-0.39, 0.29) is 5.91 Å². The Kier molecular flexibility index (Phi) is 3.56. The van der Waals surface area contributed by atoms with Crippen molar-refractivity contribution in [2.75, 3.05) is 6.54 Å². The molecule has 2 heterocycles. The van der Waals surface area contributed by atoms with E-state index in [0.717, 1.165) is 49.8 Å². The summed E-state index contributed by atoms with van der Waals surface area (Å²) in [6, 6.07) is 7.04. The van der Waals surface area contributed by atoms with Crippen LogP contribution in [0.5, 0.6) is 0 Å². The fourth-order valence-corrected chi connectivity index (χ4v) is 5.27. The number of hydrogen-bond donors (Lipinski definition) is 0. The largest absolute Gasteiger partial charge is 0.332 e. The van der Waals surface area contributed by atoms with Crippen LogP contribution in [0.1, 0.15) is 48.0 Å². The highest BCUT2D eigenvalue weighted by Gasteiger charge is 2.39. The number of nitrogens with zero attached hydrogens (tertiary/aromatic N) is 2. The van der Waals surface area contributed by atoms with Crippen LogP contribution >= 0.6 is 11.3 Å². The molecule has 0 N–H and O–H groups in total. The van der Waals surface area contributed by atoms with Gasteiger partial charge in [0, 0.05) is 28.6 Å². The summed E-state index contributed by atoms with van der Waals surface area (Å²) in [5.41, 5.74) is 4.92. The molecule has 1 aromatic carbocycles. The van der Waals surface area contributed by atoms with Crippen LogP contribution in [0.2, 0.25) is 0 Å². The number of aryl methyl sites for hydroxylation is 1. The average molecular weight is 350 g/mol. The summed E-state index contributed by atoms with van der Waals surface area (Å²) >= 11 is 1.73. The van der Waals surface area contributed by atoms with E-state index >= 15 is 0 Å². The van der Waals surface area contributed by atoms with Crippen molar-refractivity contribution in [1.82, 2.24) is 4.90 Å². The van der Waals surface area contributed by atoms with Gasteiger partial charge in [-0.05, 0) is 78.6 Å². The topological polar surface area (TPSA) is 32.7 Å². The van der Waals surface area contributed by atoms with Crippen molar-refractivity contribution in [2.45, 2.75) is 51.1 Å². The molecule has 1 saturated carbocycles. The average Bonchev–Trinajstić information content (AvgIpc) is 3.13. The normalized spacial score (nSPS) is 22.5. The predicted octanol–water partition coefficient (Wildman–Crippen LogP) is 4.75. The highest BCUT2D eigenvalue weighted by Crippen LogP contribution is 2.38. The molecule has 1 fully saturated rings. The molecule has 1 unspecified atom stereocenters. The van der Waals surface area contributed by atoms with Gasteiger partial charge in [0.25, 0.3) is 5.91 Å². The van der Waals surface area contributed by atoms with Gasteiger partial charge < -0.3 is 4.90 Å². The van der Waals surface area contributed by atoms with Crippen molar-refractivity contribution in [3.63, 3.8) is 0 Å². The van der Waals surface area contributed by atoms with Crippen LogP contribution in [0, 0.1) is 6.92 Å². The van der Waals surface area contributed by atoms with Crippen LogP contribution in [0.25, 0.3) is 10.1 Å². The van der Waals surface area contributed by atoms with Crippen molar-refractivity contribution in [2.24, 2.45) is 4.99 Å². The number of benzene rings is 1. The highest BCUT2D eigenvalue weighted by atomic mass is 32.1. The van der Waals surface area contributed by atoms with Crippen LogP contribution in [0.15, 0.2) is 39.7 Å². The predicted molar refractivity (Wildman–Crippen MR) is 104 cm³/mol. The van der Waals surface area contributed by atoms with Gasteiger partial charge in [0.1, 0.15) is 0 Å². The summed E-state index contributed by atoms with van der Waals surface area (Å²) in [6.45, 7) is 2.98. The summed E-state index contributed by atoms with van der Waals surface area (Å²) in [4.78, 5) is 20.1. The molecule has 1 aromatic heterocycles. The number of carbonyl (C=O) groups is 1. The van der Waals surface area contributed by atoms with E-state index in [1.807, 2.05) is 12.3 Å². The minimum Gasteiger partial charge on any atom is -0.332 e. The Labute approximate surface area is 152 Å². The first kappa shape index (κ1) is 15.3. The van der Waals surface area contributed by atoms with Crippen molar-refractivity contribution in [3.05, 3.63) is 45.9 Å². The molecule has 0 spiro atoms. The van der Waals surface area contributed by atoms with Crippen LogP contribution in [0.4, 0.5) is 0 Å². The lowest BCUT2D eigenvalue weighted by atomic mass is 9.88. The third kappa shape index (κ3) is 2.54. The van der Waals surface area contributed by atoms with E-state index in [1.165, 1.54) is 21.2 Å². The quantitative estimate of drug-likeness (QED) is 0.786. The summed E-state index contributed by atoms with van der Waals surface area (Å²) in [6.07, 6.45) is 7.52. The first-order chi connectivity index (χ1) is 12.2. The molecule has 0 radical (unpaired) electrons. The Balaban J connectivity index is 1.49. The molecular formula is C21H22N2OS. The lowest BCUT2D eigenvalue weighted by molar-refractivity contribution is 0.0645. The Morgan fingerprint density at radius 3 is 2.92 bits per heavy atom. The van der Waals surface area contributed by atoms with E-state index < -0.39 is 0 Å². The smallest absolute Gasteiger partial charge is 0.254 e. The van der Waals surface area contributed by atoms with Gasteiger partial charge in [0.05, 0.1) is 6.54 Å². The number of aliphatic imine (C=N–C) groups is 1. The number of amides is 1. The molecule has 1 aliphatic heterocycles. The second-order valence-electron chi connectivity index (χ2n) is 7.52. The molecule has 5 rings (SSSR count). The van der Waals surface area contributed by atoms with Gasteiger partial charge in [-0.1, -0.05) is 6.07 Å². The van der Waals surface area contributed by atoms with Gasteiger partial charge in [0.15, 0.2) is 0 Å². The Morgan fingerprint density at radius 2 is 2.08 bits per heavy atom. The lowest BCUT2D eigenvalue weighted by Gasteiger charge is -2.35. The van der Waals surface area contributed by atoms with Crippen LogP contribution in [-0.4, -0.2) is 35.7 Å². The van der Waals surface area contributed by atoms with Gasteiger partial charge in [-0.15, -0.1) is 11.3 Å². The maximum atomic E-state index is 13.5. The van der Waals surface area contributed by atoms with Crippen LogP contribution in [0.3, 0.4) is 0 Å². The fourth-order valence-electron chi connectivity index (χ4n) is 4.36. The SMILES string of the molecule is Cc1c(C(=O)N(C2CC2)C2CCC3=C(C=NC3)C2)ccc2ccsc12. The Bertz CT molecular complexity index is 919. The number of thiophene rings is 1. The second-order valence-corrected chi connectivity index (χ2v) is 8.43. The Hall–Kier alpha value is -1.94. The zero-order valence-electron chi connectivity index (χ0n) is 14.5.